The number of ether oxygens (including phenoxy) is 1. The zero-order valence-corrected chi connectivity index (χ0v) is 22.9. The van der Waals surface area contributed by atoms with Crippen LogP contribution in [0.4, 0.5) is 0 Å². The van der Waals surface area contributed by atoms with Crippen molar-refractivity contribution in [3.63, 3.8) is 0 Å². The van der Waals surface area contributed by atoms with Crippen molar-refractivity contribution >= 4 is 5.97 Å². The van der Waals surface area contributed by atoms with Crippen molar-refractivity contribution in [2.24, 2.45) is 5.92 Å². The van der Waals surface area contributed by atoms with Gasteiger partial charge >= 0.3 is 5.97 Å². The quantitative estimate of drug-likeness (QED) is 0.109. The maximum Gasteiger partial charge on any atom is 0.305 e. The van der Waals surface area contributed by atoms with Crippen molar-refractivity contribution in [1.82, 2.24) is 4.90 Å². The number of hydrogen-bond acceptors (Lipinski definition) is 4. The molecule has 0 aliphatic rings. The van der Waals surface area contributed by atoms with Crippen LogP contribution < -0.4 is 0 Å². The van der Waals surface area contributed by atoms with Crippen LogP contribution in [0.1, 0.15) is 143 Å². The topological polar surface area (TPSA) is 49.8 Å². The Kier molecular flexibility index (Phi) is 24.1. The fourth-order valence-electron chi connectivity index (χ4n) is 4.49. The lowest BCUT2D eigenvalue weighted by Gasteiger charge is -2.24. The molecule has 198 valence electrons. The van der Waals surface area contributed by atoms with Gasteiger partial charge in [0.15, 0.2) is 0 Å². The highest BCUT2D eigenvalue weighted by molar-refractivity contribution is 5.69. The molecule has 4 heteroatoms. The Balaban J connectivity index is 4.08. The second-order valence-corrected chi connectivity index (χ2v) is 10.1. The van der Waals surface area contributed by atoms with Gasteiger partial charge in [-0.3, -0.25) is 4.79 Å². The molecule has 2 atom stereocenters. The van der Waals surface area contributed by atoms with Crippen LogP contribution in [-0.2, 0) is 9.53 Å². The molecule has 0 saturated carbocycles. The lowest BCUT2D eigenvalue weighted by atomic mass is 9.95. The van der Waals surface area contributed by atoms with Crippen molar-refractivity contribution in [3.05, 3.63) is 0 Å². The average Bonchev–Trinajstić information content (AvgIpc) is 2.81. The Morgan fingerprint density at radius 3 is 1.91 bits per heavy atom. The lowest BCUT2D eigenvalue weighted by Crippen LogP contribution is -2.33. The molecule has 0 aliphatic heterocycles. The highest BCUT2D eigenvalue weighted by Gasteiger charge is 2.13. The molecule has 2 unspecified atom stereocenters. The standard InChI is InChI=1S/C29H59NO3/c1-5-9-11-13-14-17-21-27(20-16-12-10-6-2)26-33-29(32)22-18-15-19-24-30(23-7-3)25-28(31)8-4/h27-28,31H,5-26H2,1-4H3. The molecule has 0 bridgehead atoms. The van der Waals surface area contributed by atoms with Gasteiger partial charge in [-0.25, -0.2) is 0 Å². The number of carbonyl (C=O) groups excluding carboxylic acids is 1. The zero-order chi connectivity index (χ0) is 24.6. The van der Waals surface area contributed by atoms with Gasteiger partial charge in [-0.2, -0.15) is 0 Å². The van der Waals surface area contributed by atoms with E-state index in [1.807, 2.05) is 6.92 Å². The van der Waals surface area contributed by atoms with E-state index in [1.165, 1.54) is 77.0 Å². The second kappa shape index (κ2) is 24.5. The molecule has 0 rings (SSSR count). The molecule has 1 N–H and O–H groups in total. The first kappa shape index (κ1) is 32.4. The summed E-state index contributed by atoms with van der Waals surface area (Å²) >= 11 is 0. The van der Waals surface area contributed by atoms with Gasteiger partial charge in [-0.05, 0) is 57.5 Å². The highest BCUT2D eigenvalue weighted by Crippen LogP contribution is 2.20. The Hall–Kier alpha value is -0.610. The molecule has 0 fully saturated rings. The van der Waals surface area contributed by atoms with Crippen LogP contribution >= 0.6 is 0 Å². The molecule has 0 aromatic rings. The highest BCUT2D eigenvalue weighted by atomic mass is 16.5. The number of unbranched alkanes of at least 4 members (excludes halogenated alkanes) is 10. The number of esters is 1. The predicted molar refractivity (Wildman–Crippen MR) is 143 cm³/mol. The summed E-state index contributed by atoms with van der Waals surface area (Å²) in [4.78, 5) is 14.6. The average molecular weight is 470 g/mol. The molecule has 0 aromatic heterocycles. The van der Waals surface area contributed by atoms with Crippen LogP contribution in [0.5, 0.6) is 0 Å². The van der Waals surface area contributed by atoms with Crippen LogP contribution in [0, 0.1) is 5.92 Å². The summed E-state index contributed by atoms with van der Waals surface area (Å²) < 4.78 is 5.71. The minimum absolute atomic E-state index is 0.0108. The first-order valence-corrected chi connectivity index (χ1v) is 14.6. The van der Waals surface area contributed by atoms with E-state index in [0.29, 0.717) is 18.9 Å². The number of aliphatic hydroxyl groups is 1. The number of carbonyl (C=O) groups is 1. The van der Waals surface area contributed by atoms with Gasteiger partial charge in [0.1, 0.15) is 0 Å². The van der Waals surface area contributed by atoms with E-state index >= 15 is 0 Å². The normalized spacial score (nSPS) is 13.4. The molecular formula is C29H59NO3. The summed E-state index contributed by atoms with van der Waals surface area (Å²) in [6.45, 7) is 12.2. The van der Waals surface area contributed by atoms with E-state index in [0.717, 1.165) is 51.7 Å². The number of rotatable bonds is 25. The van der Waals surface area contributed by atoms with Crippen LogP contribution in [0.2, 0.25) is 0 Å². The lowest BCUT2D eigenvalue weighted by molar-refractivity contribution is -0.145. The fourth-order valence-corrected chi connectivity index (χ4v) is 4.49. The van der Waals surface area contributed by atoms with Gasteiger partial charge in [-0.15, -0.1) is 0 Å². The molecule has 0 heterocycles. The van der Waals surface area contributed by atoms with Gasteiger partial charge < -0.3 is 14.7 Å². The molecular weight excluding hydrogens is 410 g/mol. The van der Waals surface area contributed by atoms with Crippen molar-refractivity contribution in [1.29, 1.82) is 0 Å². The monoisotopic (exact) mass is 469 g/mol. The van der Waals surface area contributed by atoms with Crippen LogP contribution in [-0.4, -0.2) is 48.3 Å². The molecule has 0 amide bonds. The Morgan fingerprint density at radius 2 is 1.30 bits per heavy atom. The number of hydrogen-bond donors (Lipinski definition) is 1. The number of aliphatic hydroxyl groups excluding tert-OH is 1. The smallest absolute Gasteiger partial charge is 0.305 e. The van der Waals surface area contributed by atoms with Crippen LogP contribution in [0.25, 0.3) is 0 Å². The third-order valence-electron chi connectivity index (χ3n) is 6.75. The number of nitrogens with zero attached hydrogens (tertiary/aromatic N) is 1. The molecule has 0 radical (unpaired) electrons. The van der Waals surface area contributed by atoms with Gasteiger partial charge in [-0.1, -0.05) is 98.3 Å². The summed E-state index contributed by atoms with van der Waals surface area (Å²) in [5, 5.41) is 9.91. The summed E-state index contributed by atoms with van der Waals surface area (Å²) in [6, 6.07) is 0. The van der Waals surface area contributed by atoms with Crippen molar-refractivity contribution in [3.8, 4) is 0 Å². The zero-order valence-electron chi connectivity index (χ0n) is 22.9. The Labute approximate surface area is 207 Å². The molecule has 33 heavy (non-hydrogen) atoms. The molecule has 0 aromatic carbocycles. The first-order chi connectivity index (χ1) is 16.1. The molecule has 4 nitrogen and oxygen atoms in total. The fraction of sp³-hybridized carbons (Fsp3) is 0.966. The Morgan fingerprint density at radius 1 is 0.727 bits per heavy atom. The van der Waals surface area contributed by atoms with Gasteiger partial charge in [0.25, 0.3) is 0 Å². The first-order valence-electron chi connectivity index (χ1n) is 14.6. The van der Waals surface area contributed by atoms with Crippen molar-refractivity contribution in [2.75, 3.05) is 26.2 Å². The third kappa shape index (κ3) is 21.6. The maximum absolute atomic E-state index is 12.3. The van der Waals surface area contributed by atoms with E-state index in [9.17, 15) is 9.90 Å². The minimum Gasteiger partial charge on any atom is -0.465 e. The van der Waals surface area contributed by atoms with Crippen LogP contribution in [0.15, 0.2) is 0 Å². The van der Waals surface area contributed by atoms with Gasteiger partial charge in [0.05, 0.1) is 12.7 Å². The summed E-state index contributed by atoms with van der Waals surface area (Å²) in [7, 11) is 0. The second-order valence-electron chi connectivity index (χ2n) is 10.1. The van der Waals surface area contributed by atoms with E-state index in [-0.39, 0.29) is 12.1 Å². The van der Waals surface area contributed by atoms with Crippen molar-refractivity contribution < 1.29 is 14.6 Å². The molecule has 0 saturated heterocycles. The predicted octanol–water partition coefficient (Wildman–Crippen LogP) is 7.91. The van der Waals surface area contributed by atoms with E-state index < -0.39 is 0 Å². The van der Waals surface area contributed by atoms with Crippen molar-refractivity contribution in [2.45, 2.75) is 149 Å². The third-order valence-corrected chi connectivity index (χ3v) is 6.75. The molecule has 0 spiro atoms. The van der Waals surface area contributed by atoms with Gasteiger partial charge in [0, 0.05) is 13.0 Å². The van der Waals surface area contributed by atoms with Crippen LogP contribution in [0.3, 0.4) is 0 Å². The summed E-state index contributed by atoms with van der Waals surface area (Å²) in [5.41, 5.74) is 0. The summed E-state index contributed by atoms with van der Waals surface area (Å²) in [5.74, 6) is 0.535. The minimum atomic E-state index is -0.224. The van der Waals surface area contributed by atoms with E-state index in [4.69, 9.17) is 4.74 Å². The summed E-state index contributed by atoms with van der Waals surface area (Å²) in [6.07, 6.45) is 20.8. The Bertz CT molecular complexity index is 416. The van der Waals surface area contributed by atoms with Gasteiger partial charge in [0.2, 0.25) is 0 Å². The van der Waals surface area contributed by atoms with E-state index in [2.05, 4.69) is 25.7 Å². The molecule has 0 aliphatic carbocycles. The SMILES string of the molecule is CCCCCCCCC(CCCCCC)COC(=O)CCCCCN(CCC)CC(O)CC. The van der Waals surface area contributed by atoms with E-state index in [1.54, 1.807) is 0 Å². The maximum atomic E-state index is 12.3. The largest absolute Gasteiger partial charge is 0.465 e.